The van der Waals surface area contributed by atoms with Crippen molar-refractivity contribution in [3.63, 3.8) is 0 Å². The van der Waals surface area contributed by atoms with Gasteiger partial charge in [-0.05, 0) is 50.6 Å². The summed E-state index contributed by atoms with van der Waals surface area (Å²) in [5.41, 5.74) is 1.36. The monoisotopic (exact) mass is 233 g/mol. The van der Waals surface area contributed by atoms with E-state index in [0.29, 0.717) is 12.1 Å². The van der Waals surface area contributed by atoms with E-state index in [2.05, 4.69) is 41.2 Å². The van der Waals surface area contributed by atoms with Crippen LogP contribution in [0.1, 0.15) is 38.3 Å². The minimum atomic E-state index is 0.477. The lowest BCUT2D eigenvalue weighted by molar-refractivity contribution is 0.202. The first-order valence-electron chi connectivity index (χ1n) is 6.68. The number of likely N-dealkylation sites (N-methyl/N-ethyl adjacent to an activating group) is 1. The van der Waals surface area contributed by atoms with E-state index in [1.807, 2.05) is 12.4 Å². The summed E-state index contributed by atoms with van der Waals surface area (Å²) in [7, 11) is 0. The summed E-state index contributed by atoms with van der Waals surface area (Å²) < 4.78 is 0. The maximum Gasteiger partial charge on any atom is 0.0321 e. The summed E-state index contributed by atoms with van der Waals surface area (Å²) in [6, 6.07) is 5.40. The van der Waals surface area contributed by atoms with Crippen LogP contribution in [0.2, 0.25) is 0 Å². The van der Waals surface area contributed by atoms with E-state index in [0.717, 1.165) is 13.1 Å². The molecule has 17 heavy (non-hydrogen) atoms. The molecule has 3 nitrogen and oxygen atoms in total. The molecule has 1 N–H and O–H groups in total. The summed E-state index contributed by atoms with van der Waals surface area (Å²) in [5.74, 6) is 0. The normalized spacial score (nSPS) is 21.9. The Morgan fingerprint density at radius 3 is 2.82 bits per heavy atom. The average molecular weight is 233 g/mol. The molecule has 1 saturated heterocycles. The van der Waals surface area contributed by atoms with Crippen molar-refractivity contribution in [2.75, 3.05) is 19.6 Å². The van der Waals surface area contributed by atoms with Crippen molar-refractivity contribution in [1.82, 2.24) is 15.2 Å². The third-order valence-corrected chi connectivity index (χ3v) is 3.76. The molecule has 0 radical (unpaired) electrons. The summed E-state index contributed by atoms with van der Waals surface area (Å²) in [6.07, 6.45) is 6.41. The van der Waals surface area contributed by atoms with E-state index < -0.39 is 0 Å². The molecule has 3 heteroatoms. The first kappa shape index (κ1) is 12.5. The second-order valence-electron chi connectivity index (χ2n) is 4.84. The van der Waals surface area contributed by atoms with Crippen molar-refractivity contribution in [2.45, 2.75) is 38.8 Å². The minimum Gasteiger partial charge on any atom is -0.313 e. The van der Waals surface area contributed by atoms with Crippen LogP contribution in [0.4, 0.5) is 0 Å². The van der Waals surface area contributed by atoms with Crippen LogP contribution in [0.5, 0.6) is 0 Å². The Morgan fingerprint density at radius 1 is 1.47 bits per heavy atom. The molecule has 94 valence electrons. The number of hydrogen-bond acceptors (Lipinski definition) is 3. The summed E-state index contributed by atoms with van der Waals surface area (Å²) in [5, 5.41) is 3.57. The highest BCUT2D eigenvalue weighted by Crippen LogP contribution is 2.20. The van der Waals surface area contributed by atoms with Crippen LogP contribution in [0.25, 0.3) is 0 Å². The van der Waals surface area contributed by atoms with E-state index in [1.165, 1.54) is 24.9 Å². The van der Waals surface area contributed by atoms with E-state index in [1.54, 1.807) is 0 Å². The van der Waals surface area contributed by atoms with Gasteiger partial charge in [0.2, 0.25) is 0 Å². The summed E-state index contributed by atoms with van der Waals surface area (Å²) >= 11 is 0. The van der Waals surface area contributed by atoms with E-state index >= 15 is 0 Å². The molecule has 1 fully saturated rings. The Labute approximate surface area is 104 Å². The van der Waals surface area contributed by atoms with Crippen LogP contribution in [0.3, 0.4) is 0 Å². The average Bonchev–Trinajstić information content (AvgIpc) is 2.89. The number of nitrogens with one attached hydrogen (secondary N) is 1. The molecule has 2 heterocycles. The van der Waals surface area contributed by atoms with Crippen LogP contribution < -0.4 is 5.32 Å². The van der Waals surface area contributed by atoms with Gasteiger partial charge in [0, 0.05) is 31.0 Å². The Kier molecular flexibility index (Phi) is 4.51. The lowest BCUT2D eigenvalue weighted by Crippen LogP contribution is -2.38. The number of aromatic nitrogens is 1. The Bertz CT molecular complexity index is 319. The van der Waals surface area contributed by atoms with E-state index in [-0.39, 0.29) is 0 Å². The van der Waals surface area contributed by atoms with Crippen LogP contribution in [-0.2, 0) is 0 Å². The van der Waals surface area contributed by atoms with Crippen LogP contribution >= 0.6 is 0 Å². The maximum absolute atomic E-state index is 4.09. The van der Waals surface area contributed by atoms with Gasteiger partial charge in [-0.25, -0.2) is 0 Å². The quantitative estimate of drug-likeness (QED) is 0.845. The Morgan fingerprint density at radius 2 is 2.24 bits per heavy atom. The molecule has 1 aliphatic heterocycles. The molecule has 2 rings (SSSR count). The molecule has 0 saturated carbocycles. The van der Waals surface area contributed by atoms with Gasteiger partial charge in [0.1, 0.15) is 0 Å². The first-order chi connectivity index (χ1) is 8.31. The predicted octanol–water partition coefficient (Wildman–Crippen LogP) is 2.22. The standard InChI is InChI=1S/C14H23N3/c1-3-17(11-14-5-4-8-16-14)12(2)13-6-9-15-10-7-13/h6-7,9-10,12,14,16H,3-5,8,11H2,1-2H3. The number of nitrogens with zero attached hydrogens (tertiary/aromatic N) is 2. The third-order valence-electron chi connectivity index (χ3n) is 3.76. The van der Waals surface area contributed by atoms with Gasteiger partial charge in [0.15, 0.2) is 0 Å². The maximum atomic E-state index is 4.09. The van der Waals surface area contributed by atoms with Crippen LogP contribution in [-0.4, -0.2) is 35.6 Å². The molecule has 0 amide bonds. The van der Waals surface area contributed by atoms with Crippen LogP contribution in [0.15, 0.2) is 24.5 Å². The van der Waals surface area contributed by atoms with Gasteiger partial charge in [-0.1, -0.05) is 6.92 Å². The minimum absolute atomic E-state index is 0.477. The zero-order valence-electron chi connectivity index (χ0n) is 10.9. The molecule has 0 aliphatic carbocycles. The lowest BCUT2D eigenvalue weighted by Gasteiger charge is -2.30. The fourth-order valence-corrected chi connectivity index (χ4v) is 2.61. The predicted molar refractivity (Wildman–Crippen MR) is 70.9 cm³/mol. The zero-order valence-corrected chi connectivity index (χ0v) is 10.9. The van der Waals surface area contributed by atoms with Gasteiger partial charge in [0.25, 0.3) is 0 Å². The van der Waals surface area contributed by atoms with Gasteiger partial charge in [-0.3, -0.25) is 9.88 Å². The van der Waals surface area contributed by atoms with Crippen molar-refractivity contribution in [3.05, 3.63) is 30.1 Å². The fourth-order valence-electron chi connectivity index (χ4n) is 2.61. The smallest absolute Gasteiger partial charge is 0.0321 e. The molecule has 1 aromatic heterocycles. The molecule has 0 aromatic carbocycles. The second-order valence-corrected chi connectivity index (χ2v) is 4.84. The SMILES string of the molecule is CCN(CC1CCCN1)C(C)c1ccncc1. The van der Waals surface area contributed by atoms with Gasteiger partial charge in [-0.15, -0.1) is 0 Å². The zero-order chi connectivity index (χ0) is 12.1. The summed E-state index contributed by atoms with van der Waals surface area (Å²) in [4.78, 5) is 6.63. The van der Waals surface area contributed by atoms with E-state index in [9.17, 15) is 0 Å². The number of rotatable bonds is 5. The fraction of sp³-hybridized carbons (Fsp3) is 0.643. The molecular weight excluding hydrogens is 210 g/mol. The van der Waals surface area contributed by atoms with Crippen molar-refractivity contribution >= 4 is 0 Å². The summed E-state index contributed by atoms with van der Waals surface area (Å²) in [6.45, 7) is 7.97. The molecule has 2 unspecified atom stereocenters. The third kappa shape index (κ3) is 3.27. The van der Waals surface area contributed by atoms with Crippen molar-refractivity contribution < 1.29 is 0 Å². The Hall–Kier alpha value is -0.930. The van der Waals surface area contributed by atoms with Gasteiger partial charge >= 0.3 is 0 Å². The molecular formula is C14H23N3. The highest BCUT2D eigenvalue weighted by atomic mass is 15.2. The van der Waals surface area contributed by atoms with Gasteiger partial charge in [-0.2, -0.15) is 0 Å². The van der Waals surface area contributed by atoms with Gasteiger partial charge in [0.05, 0.1) is 0 Å². The molecule has 1 aromatic rings. The van der Waals surface area contributed by atoms with Gasteiger partial charge < -0.3 is 5.32 Å². The van der Waals surface area contributed by atoms with Crippen molar-refractivity contribution in [3.8, 4) is 0 Å². The van der Waals surface area contributed by atoms with Crippen LogP contribution in [0, 0.1) is 0 Å². The first-order valence-corrected chi connectivity index (χ1v) is 6.68. The largest absolute Gasteiger partial charge is 0.313 e. The Balaban J connectivity index is 1.97. The molecule has 1 aliphatic rings. The number of pyridine rings is 1. The second kappa shape index (κ2) is 6.12. The topological polar surface area (TPSA) is 28.2 Å². The van der Waals surface area contributed by atoms with Crippen molar-refractivity contribution in [2.24, 2.45) is 0 Å². The molecule has 0 bridgehead atoms. The molecule has 0 spiro atoms. The number of hydrogen-bond donors (Lipinski definition) is 1. The highest BCUT2D eigenvalue weighted by Gasteiger charge is 2.20. The highest BCUT2D eigenvalue weighted by molar-refractivity contribution is 5.14. The lowest BCUT2D eigenvalue weighted by atomic mass is 10.1. The van der Waals surface area contributed by atoms with Crippen molar-refractivity contribution in [1.29, 1.82) is 0 Å². The molecule has 2 atom stereocenters. The van der Waals surface area contributed by atoms with E-state index in [4.69, 9.17) is 0 Å².